The summed E-state index contributed by atoms with van der Waals surface area (Å²) in [7, 11) is -4.31. The lowest BCUT2D eigenvalue weighted by molar-refractivity contribution is -0.384. The Morgan fingerprint density at radius 2 is 1.62 bits per heavy atom. The molecule has 13 heteroatoms. The summed E-state index contributed by atoms with van der Waals surface area (Å²) in [5, 5.41) is 54.1. The van der Waals surface area contributed by atoms with E-state index in [1.54, 1.807) is 30.3 Å². The lowest BCUT2D eigenvalue weighted by Crippen LogP contribution is -2.51. The van der Waals surface area contributed by atoms with Crippen molar-refractivity contribution in [3.05, 3.63) is 94.0 Å². The van der Waals surface area contributed by atoms with Crippen molar-refractivity contribution in [2.24, 2.45) is 0 Å². The van der Waals surface area contributed by atoms with E-state index in [1.165, 1.54) is 13.0 Å². The largest absolute Gasteiger partial charge is 0.504 e. The summed E-state index contributed by atoms with van der Waals surface area (Å²) in [6.45, 7) is 0.447. The first kappa shape index (κ1) is 29.5. The smallest absolute Gasteiger partial charge is 0.269 e. The molecule has 3 aromatic rings. The number of amides is 1. The van der Waals surface area contributed by atoms with Crippen LogP contribution in [0.25, 0.3) is 0 Å². The van der Waals surface area contributed by atoms with Gasteiger partial charge >= 0.3 is 0 Å². The highest BCUT2D eigenvalue weighted by atomic mass is 32.2. The van der Waals surface area contributed by atoms with Gasteiger partial charge in [0.05, 0.1) is 28.1 Å². The number of aromatic hydroxyl groups is 2. The Balaban J connectivity index is 1.90. The highest BCUT2D eigenvalue weighted by Gasteiger charge is 2.32. The van der Waals surface area contributed by atoms with Gasteiger partial charge in [0.15, 0.2) is 11.5 Å². The second-order valence-corrected chi connectivity index (χ2v) is 10.9. The summed E-state index contributed by atoms with van der Waals surface area (Å²) in [6.07, 6.45) is -2.48. The van der Waals surface area contributed by atoms with Gasteiger partial charge in [-0.25, -0.2) is 8.42 Å². The second kappa shape index (κ2) is 12.7. The number of phenols is 2. The number of hydrogen-bond donors (Lipinski definition) is 5. The normalized spacial score (nSPS) is 13.9. The fourth-order valence-corrected chi connectivity index (χ4v) is 5.40. The van der Waals surface area contributed by atoms with Gasteiger partial charge in [0, 0.05) is 30.8 Å². The highest BCUT2D eigenvalue weighted by molar-refractivity contribution is 7.89. The molecular formula is C26H29N3O9S. The molecule has 0 saturated carbocycles. The van der Waals surface area contributed by atoms with Crippen molar-refractivity contribution in [1.82, 2.24) is 9.62 Å². The number of carbonyl (C=O) groups is 1. The van der Waals surface area contributed by atoms with Crippen LogP contribution in [0, 0.1) is 10.1 Å². The van der Waals surface area contributed by atoms with Crippen molar-refractivity contribution in [1.29, 1.82) is 0 Å². The number of rotatable bonds is 12. The third-order valence-corrected chi connectivity index (χ3v) is 7.71. The lowest BCUT2D eigenvalue weighted by Gasteiger charge is -2.30. The molecule has 0 heterocycles. The topological polar surface area (TPSA) is 191 Å². The zero-order valence-corrected chi connectivity index (χ0v) is 21.7. The summed E-state index contributed by atoms with van der Waals surface area (Å²) >= 11 is 0. The molecule has 39 heavy (non-hydrogen) atoms. The van der Waals surface area contributed by atoms with Crippen molar-refractivity contribution in [3.63, 3.8) is 0 Å². The van der Waals surface area contributed by atoms with E-state index in [-0.39, 0.29) is 22.6 Å². The van der Waals surface area contributed by atoms with Crippen LogP contribution < -0.4 is 5.32 Å². The maximum atomic E-state index is 13.4. The molecule has 5 N–H and O–H groups in total. The maximum Gasteiger partial charge on any atom is 0.269 e. The van der Waals surface area contributed by atoms with E-state index >= 15 is 0 Å². The van der Waals surface area contributed by atoms with Crippen LogP contribution in [0.3, 0.4) is 0 Å². The van der Waals surface area contributed by atoms with Gasteiger partial charge in [-0.05, 0) is 49.2 Å². The third kappa shape index (κ3) is 7.74. The average molecular weight is 560 g/mol. The summed E-state index contributed by atoms with van der Waals surface area (Å²) in [5.74, 6) is -1.62. The molecule has 0 unspecified atom stereocenters. The zero-order chi connectivity index (χ0) is 28.7. The molecule has 12 nitrogen and oxygen atoms in total. The highest BCUT2D eigenvalue weighted by Crippen LogP contribution is 2.25. The van der Waals surface area contributed by atoms with E-state index in [0.717, 1.165) is 46.3 Å². The third-order valence-electron chi connectivity index (χ3n) is 5.86. The molecule has 0 bridgehead atoms. The molecule has 0 aliphatic carbocycles. The molecule has 208 valence electrons. The number of sulfonamides is 1. The van der Waals surface area contributed by atoms with Crippen molar-refractivity contribution in [3.8, 4) is 11.5 Å². The van der Waals surface area contributed by atoms with E-state index in [4.69, 9.17) is 0 Å². The first-order valence-corrected chi connectivity index (χ1v) is 13.3. The van der Waals surface area contributed by atoms with Gasteiger partial charge in [0.1, 0.15) is 0 Å². The summed E-state index contributed by atoms with van der Waals surface area (Å²) in [4.78, 5) is 23.0. The van der Waals surface area contributed by atoms with Gasteiger partial charge in [0.2, 0.25) is 10.0 Å². The van der Waals surface area contributed by atoms with Gasteiger partial charge in [-0.15, -0.1) is 0 Å². The first-order chi connectivity index (χ1) is 18.4. The van der Waals surface area contributed by atoms with Gasteiger partial charge < -0.3 is 25.7 Å². The Morgan fingerprint density at radius 3 is 2.18 bits per heavy atom. The predicted octanol–water partition coefficient (Wildman–Crippen LogP) is 1.78. The number of hydrogen-bond acceptors (Lipinski definition) is 9. The van der Waals surface area contributed by atoms with Crippen LogP contribution in [0.4, 0.5) is 5.69 Å². The molecule has 0 aliphatic rings. The second-order valence-electron chi connectivity index (χ2n) is 8.96. The minimum absolute atomic E-state index is 0.00472. The van der Waals surface area contributed by atoms with Gasteiger partial charge in [-0.3, -0.25) is 14.9 Å². The predicted molar refractivity (Wildman–Crippen MR) is 141 cm³/mol. The Hall–Kier alpha value is -4.04. The van der Waals surface area contributed by atoms with E-state index in [1.807, 2.05) is 0 Å². The molecule has 1 amide bonds. The molecule has 0 spiro atoms. The van der Waals surface area contributed by atoms with E-state index in [9.17, 15) is 43.8 Å². The number of carbonyl (C=O) groups excluding carboxylic acids is 1. The molecule has 0 aliphatic heterocycles. The van der Waals surface area contributed by atoms with E-state index < -0.39 is 63.7 Å². The van der Waals surface area contributed by atoms with Gasteiger partial charge in [-0.1, -0.05) is 30.3 Å². The Morgan fingerprint density at radius 1 is 0.974 bits per heavy atom. The van der Waals surface area contributed by atoms with Crippen molar-refractivity contribution < 1.29 is 38.6 Å². The average Bonchev–Trinajstić information content (AvgIpc) is 2.89. The monoisotopic (exact) mass is 559 g/mol. The van der Waals surface area contributed by atoms with Crippen LogP contribution >= 0.6 is 0 Å². The summed E-state index contributed by atoms with van der Waals surface area (Å²) in [5.41, 5.74) is 0.424. The molecule has 0 saturated heterocycles. The number of nitrogens with zero attached hydrogens (tertiary/aromatic N) is 2. The minimum Gasteiger partial charge on any atom is -0.504 e. The maximum absolute atomic E-state index is 13.4. The van der Waals surface area contributed by atoms with Gasteiger partial charge in [-0.2, -0.15) is 4.31 Å². The van der Waals surface area contributed by atoms with Crippen molar-refractivity contribution in [2.75, 3.05) is 13.1 Å². The minimum atomic E-state index is -4.31. The Kier molecular flexibility index (Phi) is 9.59. The number of nitro groups is 1. The molecule has 3 atom stereocenters. The molecule has 3 rings (SSSR count). The van der Waals surface area contributed by atoms with E-state index in [0.29, 0.717) is 0 Å². The standard InChI is InChI=1S/C26H29N3O9S/c1-17(30)15-28(39(37,38)21-10-8-20(9-11-21)29(35)36)16-25(33)22(13-18-5-3-2-4-6-18)27-26(34)19-7-12-23(31)24(32)14-19/h2-12,14,17,22,25,30-33H,13,15-16H2,1H3,(H,27,34)/t17-,22-,25+/m0/s1. The number of nitro benzene ring substituents is 1. The van der Waals surface area contributed by atoms with Crippen LogP contribution in [-0.4, -0.2) is 75.3 Å². The van der Waals surface area contributed by atoms with Crippen LogP contribution in [0.2, 0.25) is 0 Å². The van der Waals surface area contributed by atoms with Crippen molar-refractivity contribution in [2.45, 2.75) is 36.5 Å². The molecule has 3 aromatic carbocycles. The number of phenolic OH excluding ortho intramolecular Hbond substituents is 2. The van der Waals surface area contributed by atoms with Crippen LogP contribution in [-0.2, 0) is 16.4 Å². The fraction of sp³-hybridized carbons (Fsp3) is 0.269. The van der Waals surface area contributed by atoms with Gasteiger partial charge in [0.25, 0.3) is 11.6 Å². The quantitative estimate of drug-likeness (QED) is 0.125. The lowest BCUT2D eigenvalue weighted by atomic mass is 10.0. The number of aliphatic hydroxyl groups is 2. The number of non-ortho nitro benzene ring substituents is 1. The van der Waals surface area contributed by atoms with Crippen LogP contribution in [0.1, 0.15) is 22.8 Å². The van der Waals surface area contributed by atoms with E-state index in [2.05, 4.69) is 5.32 Å². The van der Waals surface area contributed by atoms with Crippen LogP contribution in [0.15, 0.2) is 77.7 Å². The molecular weight excluding hydrogens is 530 g/mol. The Bertz CT molecular complexity index is 1400. The number of benzene rings is 3. The first-order valence-electron chi connectivity index (χ1n) is 11.9. The Labute approximate surface area is 225 Å². The van der Waals surface area contributed by atoms with Crippen LogP contribution in [0.5, 0.6) is 11.5 Å². The molecule has 0 aromatic heterocycles. The number of aliphatic hydroxyl groups excluding tert-OH is 2. The summed E-state index contributed by atoms with van der Waals surface area (Å²) in [6, 6.07) is 15.5. The fourth-order valence-electron chi connectivity index (χ4n) is 3.86. The summed E-state index contributed by atoms with van der Waals surface area (Å²) < 4.78 is 27.6. The molecule has 0 radical (unpaired) electrons. The SMILES string of the molecule is C[C@H](O)CN(C[C@@H](O)[C@H](Cc1ccccc1)NC(=O)c1ccc(O)c(O)c1)S(=O)(=O)c1ccc([N+](=O)[O-])cc1. The van der Waals surface area contributed by atoms with Crippen molar-refractivity contribution >= 4 is 21.6 Å². The zero-order valence-electron chi connectivity index (χ0n) is 20.9. The molecule has 0 fully saturated rings. The number of nitrogens with one attached hydrogen (secondary N) is 1.